The summed E-state index contributed by atoms with van der Waals surface area (Å²) in [5.41, 5.74) is 0.426. The average Bonchev–Trinajstić information content (AvgIpc) is 2.12. The average molecular weight is 321 g/mol. The van der Waals surface area contributed by atoms with Crippen molar-refractivity contribution in [2.24, 2.45) is 0 Å². The van der Waals surface area contributed by atoms with E-state index >= 15 is 0 Å². The summed E-state index contributed by atoms with van der Waals surface area (Å²) in [6.45, 7) is 4.09. The van der Waals surface area contributed by atoms with E-state index < -0.39 is 34.8 Å². The van der Waals surface area contributed by atoms with Crippen molar-refractivity contribution in [2.75, 3.05) is 0 Å². The highest BCUT2D eigenvalue weighted by Crippen LogP contribution is 2.44. The number of hydrogen-bond acceptors (Lipinski definition) is 3. The van der Waals surface area contributed by atoms with Gasteiger partial charge in [0.05, 0.1) is 0 Å². The van der Waals surface area contributed by atoms with E-state index in [0.29, 0.717) is 5.57 Å². The highest BCUT2D eigenvalue weighted by Gasteiger charge is 2.59. The van der Waals surface area contributed by atoms with Crippen LogP contribution in [0.25, 0.3) is 0 Å². The van der Waals surface area contributed by atoms with Crippen LogP contribution in [-0.2, 0) is 14.3 Å². The molecule has 0 bridgehead atoms. The fraction of sp³-hybridized carbons (Fsp3) is 0.636. The second-order valence-electron chi connectivity index (χ2n) is 4.15. The Labute approximate surface area is 118 Å². The number of ketones is 1. The van der Waals surface area contributed by atoms with Crippen molar-refractivity contribution in [2.45, 2.75) is 43.8 Å². The molecule has 1 unspecified atom stereocenters. The minimum atomic E-state index is -5.00. The summed E-state index contributed by atoms with van der Waals surface area (Å²) in [6.07, 6.45) is -6.59. The molecule has 0 N–H and O–H groups in total. The standard InChI is InChI=1S/C11H13Cl2F3O3/c1-6(2)4-8(10(12,13)11(14,15)16)19-9(18)5-7(3)17/h4,8H,5H2,1-3H3. The fourth-order valence-electron chi connectivity index (χ4n) is 1.06. The summed E-state index contributed by atoms with van der Waals surface area (Å²) >= 11 is 10.5. The van der Waals surface area contributed by atoms with Crippen LogP contribution in [0.2, 0.25) is 0 Å². The molecule has 0 rings (SSSR count). The Bertz CT molecular complexity index is 385. The van der Waals surface area contributed by atoms with Gasteiger partial charge in [0, 0.05) is 0 Å². The summed E-state index contributed by atoms with van der Waals surface area (Å²) in [5, 5.41) is 0. The largest absolute Gasteiger partial charge is 0.454 e. The number of halogens is 5. The van der Waals surface area contributed by atoms with Crippen LogP contribution in [0.3, 0.4) is 0 Å². The number of hydrogen-bond donors (Lipinski definition) is 0. The monoisotopic (exact) mass is 320 g/mol. The second kappa shape index (κ2) is 6.61. The van der Waals surface area contributed by atoms with Gasteiger partial charge in [-0.15, -0.1) is 0 Å². The molecule has 110 valence electrons. The zero-order chi connectivity index (χ0) is 15.4. The molecule has 0 aliphatic carbocycles. The molecule has 0 saturated heterocycles. The molecule has 0 amide bonds. The Hall–Kier alpha value is -0.750. The summed E-state index contributed by atoms with van der Waals surface area (Å²) in [5.74, 6) is -1.66. The number of rotatable bonds is 5. The van der Waals surface area contributed by atoms with E-state index in [-0.39, 0.29) is 0 Å². The topological polar surface area (TPSA) is 43.4 Å². The third-order valence-corrected chi connectivity index (χ3v) is 2.73. The van der Waals surface area contributed by atoms with Crippen molar-refractivity contribution in [1.29, 1.82) is 0 Å². The van der Waals surface area contributed by atoms with Gasteiger partial charge in [-0.3, -0.25) is 9.59 Å². The van der Waals surface area contributed by atoms with Gasteiger partial charge in [0.25, 0.3) is 4.33 Å². The number of allylic oxidation sites excluding steroid dienone is 1. The molecule has 0 aromatic rings. The summed E-state index contributed by atoms with van der Waals surface area (Å²) in [7, 11) is 0. The molecule has 8 heteroatoms. The summed E-state index contributed by atoms with van der Waals surface area (Å²) < 4.78 is 39.3. The van der Waals surface area contributed by atoms with Crippen LogP contribution < -0.4 is 0 Å². The zero-order valence-electron chi connectivity index (χ0n) is 10.5. The number of esters is 1. The van der Waals surface area contributed by atoms with Gasteiger partial charge in [-0.05, 0) is 26.8 Å². The van der Waals surface area contributed by atoms with Crippen molar-refractivity contribution >= 4 is 35.0 Å². The first-order valence-corrected chi connectivity index (χ1v) is 5.92. The van der Waals surface area contributed by atoms with Gasteiger partial charge in [0.2, 0.25) is 0 Å². The van der Waals surface area contributed by atoms with E-state index in [1.807, 2.05) is 0 Å². The molecule has 0 aromatic carbocycles. The SMILES string of the molecule is CC(=O)CC(=O)OC(C=C(C)C)C(Cl)(Cl)C(F)(F)F. The lowest BCUT2D eigenvalue weighted by Crippen LogP contribution is -2.46. The van der Waals surface area contributed by atoms with Crippen molar-refractivity contribution in [3.05, 3.63) is 11.6 Å². The number of Topliss-reactive ketones (excluding diaryl/α,β-unsaturated/α-hetero) is 1. The molecule has 0 fully saturated rings. The molecule has 3 nitrogen and oxygen atoms in total. The quantitative estimate of drug-likeness (QED) is 0.336. The zero-order valence-corrected chi connectivity index (χ0v) is 12.0. The highest BCUT2D eigenvalue weighted by atomic mass is 35.5. The predicted molar refractivity (Wildman–Crippen MR) is 65.1 cm³/mol. The van der Waals surface area contributed by atoms with Gasteiger partial charge >= 0.3 is 12.1 Å². The number of carbonyl (C=O) groups excluding carboxylic acids is 2. The van der Waals surface area contributed by atoms with Crippen molar-refractivity contribution < 1.29 is 27.5 Å². The van der Waals surface area contributed by atoms with Gasteiger partial charge in [0.15, 0.2) is 6.10 Å². The molecule has 0 aromatic heterocycles. The number of carbonyl (C=O) groups is 2. The van der Waals surface area contributed by atoms with Crippen molar-refractivity contribution in [3.63, 3.8) is 0 Å². The van der Waals surface area contributed by atoms with Crippen LogP contribution in [-0.4, -0.2) is 28.4 Å². The maximum absolute atomic E-state index is 12.7. The van der Waals surface area contributed by atoms with E-state index in [0.717, 1.165) is 13.0 Å². The first kappa shape index (κ1) is 18.2. The Morgan fingerprint density at radius 1 is 1.21 bits per heavy atom. The molecule has 0 heterocycles. The van der Waals surface area contributed by atoms with E-state index in [1.54, 1.807) is 0 Å². The summed E-state index contributed by atoms with van der Waals surface area (Å²) in [6, 6.07) is 0. The van der Waals surface area contributed by atoms with Gasteiger partial charge in [-0.2, -0.15) is 13.2 Å². The number of ether oxygens (including phenoxy) is 1. The lowest BCUT2D eigenvalue weighted by atomic mass is 10.1. The normalized spacial score (nSPS) is 13.7. The highest BCUT2D eigenvalue weighted by molar-refractivity contribution is 6.49. The second-order valence-corrected chi connectivity index (χ2v) is 5.54. The van der Waals surface area contributed by atoms with Crippen molar-refractivity contribution in [1.82, 2.24) is 0 Å². The predicted octanol–water partition coefficient (Wildman–Crippen LogP) is 3.58. The Morgan fingerprint density at radius 3 is 2.00 bits per heavy atom. The minimum Gasteiger partial charge on any atom is -0.454 e. The van der Waals surface area contributed by atoms with Gasteiger partial charge in [-0.1, -0.05) is 28.8 Å². The lowest BCUT2D eigenvalue weighted by molar-refractivity contribution is -0.172. The Balaban J connectivity index is 5.20. The van der Waals surface area contributed by atoms with Crippen LogP contribution in [0.4, 0.5) is 13.2 Å². The van der Waals surface area contributed by atoms with Gasteiger partial charge in [0.1, 0.15) is 12.2 Å². The van der Waals surface area contributed by atoms with Crippen LogP contribution in [0.15, 0.2) is 11.6 Å². The summed E-state index contributed by atoms with van der Waals surface area (Å²) in [4.78, 5) is 22.0. The lowest BCUT2D eigenvalue weighted by Gasteiger charge is -2.29. The first-order valence-electron chi connectivity index (χ1n) is 5.16. The third kappa shape index (κ3) is 5.82. The molecule has 1 atom stereocenters. The Kier molecular flexibility index (Phi) is 6.35. The first-order chi connectivity index (χ1) is 8.37. The maximum atomic E-state index is 12.7. The third-order valence-electron chi connectivity index (χ3n) is 1.87. The molecule has 0 spiro atoms. The van der Waals surface area contributed by atoms with E-state index in [1.165, 1.54) is 13.8 Å². The molecule has 0 aliphatic rings. The fourth-order valence-corrected chi connectivity index (χ4v) is 1.28. The van der Waals surface area contributed by atoms with E-state index in [9.17, 15) is 22.8 Å². The van der Waals surface area contributed by atoms with E-state index in [2.05, 4.69) is 4.74 Å². The van der Waals surface area contributed by atoms with Crippen molar-refractivity contribution in [3.8, 4) is 0 Å². The molecule has 0 aliphatic heterocycles. The molecular weight excluding hydrogens is 308 g/mol. The maximum Gasteiger partial charge on any atom is 0.425 e. The smallest absolute Gasteiger partial charge is 0.425 e. The van der Waals surface area contributed by atoms with Crippen LogP contribution in [0, 0.1) is 0 Å². The molecule has 0 saturated carbocycles. The van der Waals surface area contributed by atoms with E-state index in [4.69, 9.17) is 23.2 Å². The minimum absolute atomic E-state index is 0.426. The molecular formula is C11H13Cl2F3O3. The van der Waals surface area contributed by atoms with Crippen LogP contribution in [0.1, 0.15) is 27.2 Å². The molecule has 19 heavy (non-hydrogen) atoms. The van der Waals surface area contributed by atoms with Gasteiger partial charge < -0.3 is 4.74 Å². The van der Waals surface area contributed by atoms with Gasteiger partial charge in [-0.25, -0.2) is 0 Å². The van der Waals surface area contributed by atoms with Crippen LogP contribution >= 0.6 is 23.2 Å². The Morgan fingerprint density at radius 2 is 1.68 bits per heavy atom. The number of alkyl halides is 5. The van der Waals surface area contributed by atoms with Crippen LogP contribution in [0.5, 0.6) is 0 Å². The molecule has 0 radical (unpaired) electrons.